The molecule has 0 spiro atoms. The predicted molar refractivity (Wildman–Crippen MR) is 263 cm³/mol. The topological polar surface area (TPSA) is 92.2 Å². The Hall–Kier alpha value is 0.554. The van der Waals surface area contributed by atoms with Gasteiger partial charge >= 0.3 is 21.7 Å². The van der Waals surface area contributed by atoms with Crippen LogP contribution in [0.25, 0.3) is 0 Å². The molecule has 0 saturated carbocycles. The number of rotatable bonds is 32. The molecule has 0 heterocycles. The zero-order valence-electron chi connectivity index (χ0n) is 45.9. The minimum absolute atomic E-state index is 0. The van der Waals surface area contributed by atoms with Crippen LogP contribution in [0.5, 0.6) is 0 Å². The minimum Gasteiger partial charge on any atom is -0.849 e. The molecule has 0 N–H and O–H groups in total. The summed E-state index contributed by atoms with van der Waals surface area (Å²) in [5.41, 5.74) is -2.67. The maximum Gasteiger partial charge on any atom is 4.00 e. The minimum atomic E-state index is -0.693. The Morgan fingerprint density at radius 2 is 0.328 bits per heavy atom. The third kappa shape index (κ3) is 19.0. The van der Waals surface area contributed by atoms with E-state index in [1.54, 1.807) is 0 Å². The van der Waals surface area contributed by atoms with Gasteiger partial charge in [-0.25, -0.2) is 0 Å². The van der Waals surface area contributed by atoms with Gasteiger partial charge in [-0.2, -0.15) is 0 Å². The van der Waals surface area contributed by atoms with Crippen molar-refractivity contribution in [2.45, 2.75) is 341 Å². The Bertz CT molecular complexity index is 769. The van der Waals surface area contributed by atoms with E-state index in [4.69, 9.17) is 0 Å². The van der Waals surface area contributed by atoms with Gasteiger partial charge in [0.2, 0.25) is 0 Å². The van der Waals surface area contributed by atoms with Crippen molar-refractivity contribution in [2.75, 3.05) is 0 Å². The molecule has 368 valence electrons. The second kappa shape index (κ2) is 36.6. The molecule has 0 aliphatic heterocycles. The maximum absolute atomic E-state index is 12.9. The summed E-state index contributed by atoms with van der Waals surface area (Å²) in [5, 5.41) is 51.8. The van der Waals surface area contributed by atoms with E-state index in [9.17, 15) is 20.4 Å². The quantitative estimate of drug-likeness (QED) is 0.0629. The van der Waals surface area contributed by atoms with Gasteiger partial charge in [0, 0.05) is 0 Å². The summed E-state index contributed by atoms with van der Waals surface area (Å²) < 4.78 is 0. The summed E-state index contributed by atoms with van der Waals surface area (Å²) in [6.07, 6.45) is 27.8. The Labute approximate surface area is 402 Å². The van der Waals surface area contributed by atoms with Gasteiger partial charge in [0.15, 0.2) is 0 Å². The number of hydrogen-bond acceptors (Lipinski definition) is 4. The summed E-state index contributed by atoms with van der Waals surface area (Å²) in [6.45, 7) is 43.1. The molecule has 0 radical (unpaired) electrons. The van der Waals surface area contributed by atoms with Gasteiger partial charge in [0.05, 0.1) is 0 Å². The van der Waals surface area contributed by atoms with Gasteiger partial charge in [0.25, 0.3) is 0 Å². The van der Waals surface area contributed by atoms with E-state index in [0.717, 1.165) is 180 Å². The van der Waals surface area contributed by atoms with Crippen LogP contribution in [0, 0.1) is 21.7 Å². The molecular weight excluding hydrogens is 784 g/mol. The molecule has 61 heavy (non-hydrogen) atoms. The molecule has 0 fully saturated rings. The molecular formula is C56H116O4Ti. The van der Waals surface area contributed by atoms with Gasteiger partial charge in [-0.3, -0.25) is 0 Å². The first-order valence-corrected chi connectivity index (χ1v) is 27.0. The second-order valence-electron chi connectivity index (χ2n) is 19.2. The molecule has 4 atom stereocenters. The summed E-state index contributed by atoms with van der Waals surface area (Å²) in [7, 11) is 0. The summed E-state index contributed by atoms with van der Waals surface area (Å²) in [6, 6.07) is 0. The SMILES string of the molecule is CCCCC([O-])(CC)C(CC)(CC)CC.CCCCC([O-])(CC)C(CC)(CC)CC.CCCCC([O-])(CC)C(CC)(CC)CC.CCCCC([O-])(CC)C(CC)(CC)CC.[Ti+4]. The van der Waals surface area contributed by atoms with Crippen LogP contribution < -0.4 is 20.4 Å². The van der Waals surface area contributed by atoms with Gasteiger partial charge in [-0.15, -0.1) is 22.4 Å². The van der Waals surface area contributed by atoms with Gasteiger partial charge < -0.3 is 20.4 Å². The largest absolute Gasteiger partial charge is 4.00 e. The second-order valence-corrected chi connectivity index (χ2v) is 19.2. The fraction of sp³-hybridized carbons (Fsp3) is 1.00. The van der Waals surface area contributed by atoms with Crippen molar-refractivity contribution < 1.29 is 42.1 Å². The molecule has 0 amide bonds. The molecule has 0 saturated heterocycles. The molecule has 4 nitrogen and oxygen atoms in total. The molecule has 0 aromatic rings. The fourth-order valence-electron chi connectivity index (χ4n) is 12.0. The zero-order chi connectivity index (χ0) is 47.8. The average Bonchev–Trinajstić information content (AvgIpc) is 3.29. The van der Waals surface area contributed by atoms with Crippen molar-refractivity contribution in [3.63, 3.8) is 0 Å². The molecule has 0 bridgehead atoms. The molecule has 0 rings (SSSR count). The maximum atomic E-state index is 12.9. The third-order valence-corrected chi connectivity index (χ3v) is 18.0. The Morgan fingerprint density at radius 3 is 0.393 bits per heavy atom. The Kier molecular flexibility index (Phi) is 42.4. The van der Waals surface area contributed by atoms with Crippen LogP contribution in [0.2, 0.25) is 0 Å². The summed E-state index contributed by atoms with van der Waals surface area (Å²) >= 11 is 0. The van der Waals surface area contributed by atoms with E-state index in [1.165, 1.54) is 0 Å². The van der Waals surface area contributed by atoms with E-state index >= 15 is 0 Å². The monoisotopic (exact) mass is 901 g/mol. The van der Waals surface area contributed by atoms with Crippen molar-refractivity contribution in [3.8, 4) is 0 Å². The van der Waals surface area contributed by atoms with Crippen molar-refractivity contribution in [1.29, 1.82) is 0 Å². The van der Waals surface area contributed by atoms with Crippen LogP contribution in [0.15, 0.2) is 0 Å². The van der Waals surface area contributed by atoms with E-state index < -0.39 is 22.4 Å². The smallest absolute Gasteiger partial charge is 0.849 e. The summed E-state index contributed by atoms with van der Waals surface area (Å²) in [5.74, 6) is 0. The first-order chi connectivity index (χ1) is 28.2. The first-order valence-electron chi connectivity index (χ1n) is 27.0. The van der Waals surface area contributed by atoms with Crippen molar-refractivity contribution in [1.82, 2.24) is 0 Å². The van der Waals surface area contributed by atoms with Crippen LogP contribution in [0.4, 0.5) is 0 Å². The van der Waals surface area contributed by atoms with E-state index in [-0.39, 0.29) is 43.4 Å². The standard InChI is InChI=1S/4C14H29O.Ti/c4*1-6-11-12-14(15,10-5)13(7-2,8-3)9-4;/h4*6-12H2,1-5H3;/q4*-1;+4. The Morgan fingerprint density at radius 1 is 0.213 bits per heavy atom. The van der Waals surface area contributed by atoms with Gasteiger partial charge in [-0.05, 0) is 21.7 Å². The van der Waals surface area contributed by atoms with Gasteiger partial charge in [0.1, 0.15) is 0 Å². The third-order valence-electron chi connectivity index (χ3n) is 18.0. The van der Waals surface area contributed by atoms with Crippen LogP contribution >= 0.6 is 0 Å². The molecule has 0 aromatic heterocycles. The molecule has 0 aliphatic carbocycles. The van der Waals surface area contributed by atoms with Crippen molar-refractivity contribution in [3.05, 3.63) is 0 Å². The molecule has 0 aromatic carbocycles. The molecule has 4 unspecified atom stereocenters. The predicted octanol–water partition coefficient (Wildman–Crippen LogP) is 15.6. The van der Waals surface area contributed by atoms with Crippen molar-refractivity contribution in [2.24, 2.45) is 21.7 Å². The normalized spacial score (nSPS) is 16.1. The fourth-order valence-corrected chi connectivity index (χ4v) is 12.0. The van der Waals surface area contributed by atoms with E-state index in [1.807, 2.05) is 0 Å². The van der Waals surface area contributed by atoms with Crippen LogP contribution in [0.1, 0.15) is 318 Å². The van der Waals surface area contributed by atoms with Crippen molar-refractivity contribution >= 4 is 0 Å². The first kappa shape index (κ1) is 70.6. The Balaban J connectivity index is -0.000000227. The average molecular weight is 901 g/mol. The van der Waals surface area contributed by atoms with E-state index in [2.05, 4.69) is 138 Å². The van der Waals surface area contributed by atoms with Crippen LogP contribution in [-0.4, -0.2) is 22.4 Å². The number of hydrogen-bond donors (Lipinski definition) is 0. The summed E-state index contributed by atoms with van der Waals surface area (Å²) in [4.78, 5) is 0. The zero-order valence-corrected chi connectivity index (χ0v) is 47.5. The van der Waals surface area contributed by atoms with Crippen LogP contribution in [-0.2, 0) is 21.7 Å². The molecule has 5 heteroatoms. The van der Waals surface area contributed by atoms with E-state index in [0.29, 0.717) is 0 Å². The van der Waals surface area contributed by atoms with Gasteiger partial charge in [-0.1, -0.05) is 318 Å². The number of unbranched alkanes of at least 4 members (excludes halogenated alkanes) is 4. The van der Waals surface area contributed by atoms with Crippen LogP contribution in [0.3, 0.4) is 0 Å². The molecule has 0 aliphatic rings.